The van der Waals surface area contributed by atoms with Gasteiger partial charge >= 0.3 is 0 Å². The van der Waals surface area contributed by atoms with Crippen molar-refractivity contribution in [3.63, 3.8) is 0 Å². The topological polar surface area (TPSA) is 79.5 Å². The first-order valence-electron chi connectivity index (χ1n) is 8.98. The number of anilines is 2. The summed E-state index contributed by atoms with van der Waals surface area (Å²) in [5.41, 5.74) is 1.31. The predicted octanol–water partition coefficient (Wildman–Crippen LogP) is 4.33. The van der Waals surface area contributed by atoms with Gasteiger partial charge in [0.15, 0.2) is 0 Å². The van der Waals surface area contributed by atoms with Crippen LogP contribution in [0.4, 0.5) is 11.4 Å². The van der Waals surface area contributed by atoms with Crippen LogP contribution in [0.5, 0.6) is 5.75 Å². The molecule has 8 heteroatoms. The van der Waals surface area contributed by atoms with Crippen LogP contribution in [-0.2, 0) is 4.79 Å². The molecule has 0 radical (unpaired) electrons. The minimum atomic E-state index is -0.374. The van der Waals surface area contributed by atoms with E-state index in [1.807, 2.05) is 0 Å². The van der Waals surface area contributed by atoms with Crippen LogP contribution in [0.15, 0.2) is 36.4 Å². The van der Waals surface area contributed by atoms with E-state index in [0.29, 0.717) is 32.7 Å². The van der Waals surface area contributed by atoms with Gasteiger partial charge in [0.2, 0.25) is 5.91 Å². The second-order valence-electron chi connectivity index (χ2n) is 6.54. The summed E-state index contributed by atoms with van der Waals surface area (Å²) in [5.74, 6) is -0.0908. The Morgan fingerprint density at radius 1 is 1.07 bits per heavy atom. The molecule has 2 aromatic rings. The molecule has 1 saturated heterocycles. The molecule has 2 aromatic carbocycles. The third kappa shape index (κ3) is 5.38. The molecular formula is C20H21Cl2N3O3. The van der Waals surface area contributed by atoms with E-state index in [-0.39, 0.29) is 17.9 Å². The van der Waals surface area contributed by atoms with Crippen molar-refractivity contribution in [1.82, 2.24) is 5.32 Å². The van der Waals surface area contributed by atoms with E-state index in [0.717, 1.165) is 25.9 Å². The summed E-state index contributed by atoms with van der Waals surface area (Å²) in [5, 5.41) is 9.45. The first-order valence-corrected chi connectivity index (χ1v) is 9.73. The van der Waals surface area contributed by atoms with Crippen LogP contribution in [0.1, 0.15) is 30.1 Å². The number of rotatable bonds is 5. The molecule has 0 aliphatic carbocycles. The number of ether oxygens (including phenoxy) is 1. The van der Waals surface area contributed by atoms with Gasteiger partial charge in [-0.15, -0.1) is 0 Å². The van der Waals surface area contributed by atoms with Crippen molar-refractivity contribution in [3.05, 3.63) is 52.0 Å². The first kappa shape index (κ1) is 20.5. The van der Waals surface area contributed by atoms with Crippen LogP contribution < -0.4 is 20.7 Å². The van der Waals surface area contributed by atoms with Gasteiger partial charge in [0.1, 0.15) is 11.9 Å². The molecule has 0 aromatic heterocycles. The van der Waals surface area contributed by atoms with Gasteiger partial charge < -0.3 is 20.7 Å². The van der Waals surface area contributed by atoms with E-state index in [1.165, 1.54) is 6.92 Å². The Kier molecular flexibility index (Phi) is 6.78. The summed E-state index contributed by atoms with van der Waals surface area (Å²) in [7, 11) is 0. The molecular weight excluding hydrogens is 401 g/mol. The summed E-state index contributed by atoms with van der Waals surface area (Å²) in [4.78, 5) is 24.0. The highest BCUT2D eigenvalue weighted by molar-refractivity contribution is 6.34. The highest BCUT2D eigenvalue weighted by Crippen LogP contribution is 2.29. The molecule has 6 nitrogen and oxygen atoms in total. The van der Waals surface area contributed by atoms with E-state index >= 15 is 0 Å². The standard InChI is InChI=1S/C20H21Cl2N3O3/c1-12(26)24-14-3-4-18(17(22)11-14)25-20(27)16-10-13(21)2-5-19(16)28-15-6-8-23-9-7-15/h2-5,10-11,15,23H,6-9H2,1H3,(H,24,26)(H,25,27). The van der Waals surface area contributed by atoms with Crippen molar-refractivity contribution < 1.29 is 14.3 Å². The van der Waals surface area contributed by atoms with E-state index in [2.05, 4.69) is 16.0 Å². The van der Waals surface area contributed by atoms with Crippen LogP contribution in [0, 0.1) is 0 Å². The highest BCUT2D eigenvalue weighted by atomic mass is 35.5. The summed E-state index contributed by atoms with van der Waals surface area (Å²) >= 11 is 12.3. The van der Waals surface area contributed by atoms with Gasteiger partial charge in [-0.25, -0.2) is 0 Å². The Morgan fingerprint density at radius 2 is 1.82 bits per heavy atom. The van der Waals surface area contributed by atoms with Gasteiger partial charge in [-0.3, -0.25) is 9.59 Å². The summed E-state index contributed by atoms with van der Waals surface area (Å²) < 4.78 is 6.05. The molecule has 1 aliphatic heterocycles. The van der Waals surface area contributed by atoms with Crippen LogP contribution in [0.3, 0.4) is 0 Å². The highest BCUT2D eigenvalue weighted by Gasteiger charge is 2.20. The van der Waals surface area contributed by atoms with Crippen molar-refractivity contribution in [1.29, 1.82) is 0 Å². The lowest BCUT2D eigenvalue weighted by Crippen LogP contribution is -2.34. The Hall–Kier alpha value is -2.28. The fourth-order valence-corrected chi connectivity index (χ4v) is 3.36. The number of amides is 2. The molecule has 0 unspecified atom stereocenters. The number of carbonyl (C=O) groups is 2. The molecule has 0 bridgehead atoms. The fourth-order valence-electron chi connectivity index (χ4n) is 2.96. The third-order valence-corrected chi connectivity index (χ3v) is 4.85. The molecule has 28 heavy (non-hydrogen) atoms. The van der Waals surface area contributed by atoms with Gasteiger partial charge in [-0.05, 0) is 62.3 Å². The molecule has 1 fully saturated rings. The Balaban J connectivity index is 1.78. The van der Waals surface area contributed by atoms with Crippen molar-refractivity contribution in [2.45, 2.75) is 25.9 Å². The Bertz CT molecular complexity index is 883. The third-order valence-electron chi connectivity index (χ3n) is 4.30. The lowest BCUT2D eigenvalue weighted by atomic mass is 10.1. The fraction of sp³-hybridized carbons (Fsp3) is 0.300. The molecule has 0 saturated carbocycles. The van der Waals surface area contributed by atoms with E-state index in [9.17, 15) is 9.59 Å². The normalized spacial score (nSPS) is 14.4. The lowest BCUT2D eigenvalue weighted by Gasteiger charge is -2.25. The number of benzene rings is 2. The van der Waals surface area contributed by atoms with Crippen molar-refractivity contribution in [3.8, 4) is 5.75 Å². The van der Waals surface area contributed by atoms with Gasteiger partial charge in [0, 0.05) is 17.6 Å². The van der Waals surface area contributed by atoms with Crippen LogP contribution >= 0.6 is 23.2 Å². The van der Waals surface area contributed by atoms with Gasteiger partial charge in [0.25, 0.3) is 5.91 Å². The van der Waals surface area contributed by atoms with Crippen LogP contribution in [-0.4, -0.2) is 31.0 Å². The van der Waals surface area contributed by atoms with Gasteiger partial charge in [-0.1, -0.05) is 23.2 Å². The number of halogens is 2. The zero-order valence-corrected chi connectivity index (χ0v) is 16.9. The molecule has 3 N–H and O–H groups in total. The van der Waals surface area contributed by atoms with Gasteiger partial charge in [0.05, 0.1) is 16.3 Å². The smallest absolute Gasteiger partial charge is 0.259 e. The summed E-state index contributed by atoms with van der Waals surface area (Å²) in [6.45, 7) is 3.18. The van der Waals surface area contributed by atoms with Crippen LogP contribution in [0.2, 0.25) is 10.0 Å². The summed E-state index contributed by atoms with van der Waals surface area (Å²) in [6.07, 6.45) is 1.80. The van der Waals surface area contributed by atoms with E-state index in [4.69, 9.17) is 27.9 Å². The monoisotopic (exact) mass is 421 g/mol. The van der Waals surface area contributed by atoms with E-state index in [1.54, 1.807) is 36.4 Å². The number of hydrogen-bond donors (Lipinski definition) is 3. The molecule has 1 heterocycles. The second kappa shape index (κ2) is 9.28. The quantitative estimate of drug-likeness (QED) is 0.670. The zero-order chi connectivity index (χ0) is 20.1. The lowest BCUT2D eigenvalue weighted by molar-refractivity contribution is -0.114. The largest absolute Gasteiger partial charge is 0.489 e. The molecule has 148 valence electrons. The first-order chi connectivity index (χ1) is 13.4. The van der Waals surface area contributed by atoms with Crippen molar-refractivity contribution >= 4 is 46.4 Å². The number of nitrogens with one attached hydrogen (secondary N) is 3. The minimum Gasteiger partial charge on any atom is -0.489 e. The maximum atomic E-state index is 12.9. The Labute approximate surface area is 173 Å². The number of carbonyl (C=O) groups excluding carboxylic acids is 2. The molecule has 0 spiro atoms. The molecule has 2 amide bonds. The molecule has 1 aliphatic rings. The van der Waals surface area contributed by atoms with Crippen LogP contribution in [0.25, 0.3) is 0 Å². The number of piperidine rings is 1. The molecule has 0 atom stereocenters. The zero-order valence-electron chi connectivity index (χ0n) is 15.4. The average molecular weight is 422 g/mol. The predicted molar refractivity (Wildman–Crippen MR) is 112 cm³/mol. The molecule has 3 rings (SSSR count). The average Bonchev–Trinajstić information content (AvgIpc) is 2.65. The Morgan fingerprint density at radius 3 is 2.50 bits per heavy atom. The van der Waals surface area contributed by atoms with Crippen molar-refractivity contribution in [2.24, 2.45) is 0 Å². The van der Waals surface area contributed by atoms with E-state index < -0.39 is 0 Å². The number of hydrogen-bond acceptors (Lipinski definition) is 4. The maximum absolute atomic E-state index is 12.9. The SMILES string of the molecule is CC(=O)Nc1ccc(NC(=O)c2cc(Cl)ccc2OC2CCNCC2)c(Cl)c1. The summed E-state index contributed by atoms with van der Waals surface area (Å²) in [6, 6.07) is 9.84. The minimum absolute atomic E-state index is 0.0505. The van der Waals surface area contributed by atoms with Crippen molar-refractivity contribution in [2.75, 3.05) is 23.7 Å². The van der Waals surface area contributed by atoms with Gasteiger partial charge in [-0.2, -0.15) is 0 Å². The second-order valence-corrected chi connectivity index (χ2v) is 7.38. The maximum Gasteiger partial charge on any atom is 0.259 e.